The van der Waals surface area contributed by atoms with Crippen molar-refractivity contribution in [3.05, 3.63) is 29.8 Å². The largest absolute Gasteiger partial charge is 0.508 e. The number of aromatic hydroxyl groups is 1. The molecule has 1 aromatic rings. The minimum atomic E-state index is -0.778. The number of nitrogens with one attached hydrogen (secondary N) is 1. The monoisotopic (exact) mass is 362 g/mol. The summed E-state index contributed by atoms with van der Waals surface area (Å²) in [5, 5.41) is 23.3. The van der Waals surface area contributed by atoms with Gasteiger partial charge in [-0.2, -0.15) is 0 Å². The molecule has 3 N–H and O–H groups in total. The maximum absolute atomic E-state index is 12.4. The van der Waals surface area contributed by atoms with Gasteiger partial charge in [0.05, 0.1) is 6.04 Å². The topological polar surface area (TPSA) is 72.8 Å². The lowest BCUT2D eigenvalue weighted by atomic mass is 10.0. The Balaban J connectivity index is 1.91. The van der Waals surface area contributed by atoms with Crippen LogP contribution in [0.25, 0.3) is 0 Å². The fourth-order valence-corrected chi connectivity index (χ4v) is 3.54. The third-order valence-electron chi connectivity index (χ3n) is 5.12. The SMILES string of the molecule is CCCCCCCC(=O)NC(CN1CCCC1)C(O)c1ccc(O)cc1. The molecule has 1 aliphatic rings. The average Bonchev–Trinajstić information content (AvgIpc) is 3.14. The number of nitrogens with zero attached hydrogens (tertiary/aromatic N) is 1. The van der Waals surface area contributed by atoms with Crippen molar-refractivity contribution in [2.24, 2.45) is 0 Å². The summed E-state index contributed by atoms with van der Waals surface area (Å²) in [6, 6.07) is 6.24. The Labute approximate surface area is 157 Å². The maximum Gasteiger partial charge on any atom is 0.220 e. The number of aliphatic hydroxyl groups is 1. The van der Waals surface area contributed by atoms with Gasteiger partial charge in [-0.25, -0.2) is 0 Å². The maximum atomic E-state index is 12.4. The van der Waals surface area contributed by atoms with E-state index in [0.717, 1.165) is 31.5 Å². The van der Waals surface area contributed by atoms with Gasteiger partial charge in [0.15, 0.2) is 0 Å². The molecule has 5 heteroatoms. The molecule has 0 aliphatic carbocycles. The molecule has 0 aromatic heterocycles. The van der Waals surface area contributed by atoms with Crippen molar-refractivity contribution in [1.82, 2.24) is 10.2 Å². The lowest BCUT2D eigenvalue weighted by Crippen LogP contribution is -2.46. The lowest BCUT2D eigenvalue weighted by Gasteiger charge is -2.28. The molecule has 2 rings (SSSR count). The van der Waals surface area contributed by atoms with Crippen LogP contribution < -0.4 is 5.32 Å². The number of benzene rings is 1. The van der Waals surface area contributed by atoms with E-state index in [0.29, 0.717) is 13.0 Å². The van der Waals surface area contributed by atoms with E-state index < -0.39 is 6.10 Å². The number of rotatable bonds is 11. The molecule has 2 unspecified atom stereocenters. The number of amides is 1. The molecule has 1 fully saturated rings. The minimum Gasteiger partial charge on any atom is -0.508 e. The number of hydrogen-bond acceptors (Lipinski definition) is 4. The first-order chi connectivity index (χ1) is 12.6. The van der Waals surface area contributed by atoms with Gasteiger partial charge in [0.1, 0.15) is 11.9 Å². The van der Waals surface area contributed by atoms with E-state index >= 15 is 0 Å². The smallest absolute Gasteiger partial charge is 0.220 e. The second-order valence-electron chi connectivity index (χ2n) is 7.38. The van der Waals surface area contributed by atoms with Gasteiger partial charge in [0.25, 0.3) is 0 Å². The molecule has 1 aliphatic heterocycles. The number of phenols is 1. The van der Waals surface area contributed by atoms with Gasteiger partial charge in [-0.05, 0) is 50.0 Å². The van der Waals surface area contributed by atoms with Crippen molar-refractivity contribution in [2.45, 2.75) is 70.4 Å². The van der Waals surface area contributed by atoms with Crippen molar-refractivity contribution >= 4 is 5.91 Å². The summed E-state index contributed by atoms with van der Waals surface area (Å²) in [7, 11) is 0. The summed E-state index contributed by atoms with van der Waals surface area (Å²) < 4.78 is 0. The summed E-state index contributed by atoms with van der Waals surface area (Å²) in [4.78, 5) is 14.7. The first-order valence-corrected chi connectivity index (χ1v) is 10.1. The van der Waals surface area contributed by atoms with Crippen molar-refractivity contribution in [3.8, 4) is 5.75 Å². The number of phenolic OH excluding ortho intramolecular Hbond substituents is 1. The van der Waals surface area contributed by atoms with Crippen LogP contribution in [-0.4, -0.2) is 46.7 Å². The highest BCUT2D eigenvalue weighted by Crippen LogP contribution is 2.22. The lowest BCUT2D eigenvalue weighted by molar-refractivity contribution is -0.123. The molecular weight excluding hydrogens is 328 g/mol. The van der Waals surface area contributed by atoms with Gasteiger partial charge >= 0.3 is 0 Å². The molecule has 0 spiro atoms. The summed E-state index contributed by atoms with van der Waals surface area (Å²) in [6.45, 7) is 4.88. The Morgan fingerprint density at radius 2 is 1.77 bits per heavy atom. The molecule has 0 bridgehead atoms. The highest BCUT2D eigenvalue weighted by molar-refractivity contribution is 5.76. The van der Waals surface area contributed by atoms with Crippen LogP contribution in [0.5, 0.6) is 5.75 Å². The molecule has 1 saturated heterocycles. The van der Waals surface area contributed by atoms with E-state index in [1.165, 1.54) is 32.1 Å². The number of hydrogen-bond donors (Lipinski definition) is 3. The Morgan fingerprint density at radius 3 is 2.42 bits per heavy atom. The first-order valence-electron chi connectivity index (χ1n) is 10.1. The summed E-state index contributed by atoms with van der Waals surface area (Å²) in [5.41, 5.74) is 0.718. The van der Waals surface area contributed by atoms with Gasteiger partial charge in [-0.1, -0.05) is 44.7 Å². The van der Waals surface area contributed by atoms with Crippen LogP contribution in [0.1, 0.15) is 70.0 Å². The Morgan fingerprint density at radius 1 is 1.12 bits per heavy atom. The molecule has 2 atom stereocenters. The van der Waals surface area contributed by atoms with Crippen LogP contribution in [0.3, 0.4) is 0 Å². The predicted octanol–water partition coefficient (Wildman–Crippen LogP) is 3.37. The zero-order valence-corrected chi connectivity index (χ0v) is 16.0. The zero-order chi connectivity index (χ0) is 18.8. The standard InChI is InChI=1S/C21H34N2O3/c1-2-3-4-5-6-9-20(25)22-19(16-23-14-7-8-15-23)21(26)17-10-12-18(24)13-11-17/h10-13,19,21,24,26H,2-9,14-16H2,1H3,(H,22,25). The Hall–Kier alpha value is -1.59. The van der Waals surface area contributed by atoms with Gasteiger partial charge in [0, 0.05) is 13.0 Å². The third-order valence-corrected chi connectivity index (χ3v) is 5.12. The van der Waals surface area contributed by atoms with Crippen LogP contribution in [0.15, 0.2) is 24.3 Å². The molecule has 0 radical (unpaired) electrons. The third kappa shape index (κ3) is 6.96. The highest BCUT2D eigenvalue weighted by Gasteiger charge is 2.26. The van der Waals surface area contributed by atoms with E-state index in [9.17, 15) is 15.0 Å². The van der Waals surface area contributed by atoms with Gasteiger partial charge in [-0.3, -0.25) is 4.79 Å². The molecular formula is C21H34N2O3. The fourth-order valence-electron chi connectivity index (χ4n) is 3.54. The minimum absolute atomic E-state index is 0.0172. The van der Waals surface area contributed by atoms with Gasteiger partial charge in [0.2, 0.25) is 5.91 Å². The molecule has 5 nitrogen and oxygen atoms in total. The van der Waals surface area contributed by atoms with Crippen LogP contribution in [0.4, 0.5) is 0 Å². The summed E-state index contributed by atoms with van der Waals surface area (Å²) in [5.74, 6) is 0.191. The number of aliphatic hydroxyl groups excluding tert-OH is 1. The van der Waals surface area contributed by atoms with Crippen LogP contribution in [0, 0.1) is 0 Å². The van der Waals surface area contributed by atoms with Gasteiger partial charge < -0.3 is 20.4 Å². The van der Waals surface area contributed by atoms with E-state index in [4.69, 9.17) is 0 Å². The van der Waals surface area contributed by atoms with Crippen molar-refractivity contribution in [3.63, 3.8) is 0 Å². The first kappa shape index (κ1) is 20.7. The molecule has 146 valence electrons. The molecule has 26 heavy (non-hydrogen) atoms. The molecule has 0 saturated carbocycles. The van der Waals surface area contributed by atoms with Gasteiger partial charge in [-0.15, -0.1) is 0 Å². The summed E-state index contributed by atoms with van der Waals surface area (Å²) >= 11 is 0. The van der Waals surface area contributed by atoms with Crippen LogP contribution in [-0.2, 0) is 4.79 Å². The van der Waals surface area contributed by atoms with E-state index in [2.05, 4.69) is 17.1 Å². The molecule has 1 heterocycles. The Bertz CT molecular complexity index is 527. The van der Waals surface area contributed by atoms with Crippen LogP contribution in [0.2, 0.25) is 0 Å². The average molecular weight is 363 g/mol. The van der Waals surface area contributed by atoms with E-state index in [1.54, 1.807) is 24.3 Å². The second-order valence-corrected chi connectivity index (χ2v) is 7.38. The fraction of sp³-hybridized carbons (Fsp3) is 0.667. The number of carbonyl (C=O) groups is 1. The molecule has 1 amide bonds. The second kappa shape index (κ2) is 11.2. The normalized spacial score (nSPS) is 17.2. The number of unbranched alkanes of at least 4 members (excludes halogenated alkanes) is 4. The molecule has 1 aromatic carbocycles. The van der Waals surface area contributed by atoms with Crippen molar-refractivity contribution in [2.75, 3.05) is 19.6 Å². The summed E-state index contributed by atoms with van der Waals surface area (Å²) in [6.07, 6.45) is 7.67. The van der Waals surface area contributed by atoms with Crippen molar-refractivity contribution in [1.29, 1.82) is 0 Å². The predicted molar refractivity (Wildman–Crippen MR) is 104 cm³/mol. The van der Waals surface area contributed by atoms with Crippen LogP contribution >= 0.6 is 0 Å². The van der Waals surface area contributed by atoms with E-state index in [-0.39, 0.29) is 17.7 Å². The highest BCUT2D eigenvalue weighted by atomic mass is 16.3. The number of carbonyl (C=O) groups excluding carboxylic acids is 1. The number of likely N-dealkylation sites (tertiary alicyclic amines) is 1. The quantitative estimate of drug-likeness (QED) is 0.528. The Kier molecular flexibility index (Phi) is 8.92. The zero-order valence-electron chi connectivity index (χ0n) is 16.0. The van der Waals surface area contributed by atoms with Crippen molar-refractivity contribution < 1.29 is 15.0 Å². The van der Waals surface area contributed by atoms with E-state index in [1.807, 2.05) is 0 Å².